The number of imidazole rings is 1. The van der Waals surface area contributed by atoms with Crippen LogP contribution in [-0.4, -0.2) is 123 Å². The molecule has 0 aliphatic carbocycles. The van der Waals surface area contributed by atoms with Crippen LogP contribution >= 0.6 is 35.2 Å². The van der Waals surface area contributed by atoms with E-state index in [1.807, 2.05) is 6.08 Å². The van der Waals surface area contributed by atoms with Crippen LogP contribution in [0.5, 0.6) is 0 Å². The second-order valence-corrected chi connectivity index (χ2v) is 24.1. The van der Waals surface area contributed by atoms with Crippen LogP contribution in [-0.2, 0) is 50.7 Å². The molecule has 0 bridgehead atoms. The van der Waals surface area contributed by atoms with E-state index in [0.717, 1.165) is 99.6 Å². The molecule has 0 aromatic carbocycles. The van der Waals surface area contributed by atoms with Crippen molar-refractivity contribution in [1.82, 2.24) is 30.2 Å². The number of nitrogens with two attached hydrogens (primary N) is 1. The summed E-state index contributed by atoms with van der Waals surface area (Å²) in [4.78, 5) is 88.6. The minimum Gasteiger partial charge on any atom is -0.386 e. The summed E-state index contributed by atoms with van der Waals surface area (Å²) in [6.07, 6.45) is 37.6. The van der Waals surface area contributed by atoms with Gasteiger partial charge in [0.25, 0.3) is 0 Å². The lowest BCUT2D eigenvalue weighted by Crippen LogP contribution is -2.46. The number of aliphatic hydroxyl groups excluding tert-OH is 2. The van der Waals surface area contributed by atoms with Gasteiger partial charge in [-0.15, -0.1) is 0 Å². The van der Waals surface area contributed by atoms with Gasteiger partial charge < -0.3 is 50.9 Å². The highest BCUT2D eigenvalue weighted by Gasteiger charge is 2.50. The minimum absolute atomic E-state index is 0.0301. The van der Waals surface area contributed by atoms with E-state index in [1.54, 1.807) is 6.08 Å². The summed E-state index contributed by atoms with van der Waals surface area (Å²) in [5.74, 6) is -1.12. The number of nitrogen functional groups attached to an aromatic ring is 1. The maximum absolute atomic E-state index is 12.8. The number of thioether (sulfide) groups is 1. The second kappa shape index (κ2) is 37.0. The molecule has 10 N–H and O–H groups in total. The average Bonchev–Trinajstić information content (AvgIpc) is 4.12. The van der Waals surface area contributed by atoms with Gasteiger partial charge in [-0.2, -0.15) is 4.31 Å². The van der Waals surface area contributed by atoms with Gasteiger partial charge in [0.05, 0.1) is 19.5 Å². The van der Waals surface area contributed by atoms with E-state index in [1.165, 1.54) is 33.1 Å². The number of nitrogens with zero attached hydrogens (tertiary/aromatic N) is 4. The first-order chi connectivity index (χ1) is 37.6. The molecule has 3 rings (SSSR count). The van der Waals surface area contributed by atoms with E-state index in [2.05, 4.69) is 114 Å². The van der Waals surface area contributed by atoms with Crippen LogP contribution in [0.3, 0.4) is 0 Å². The molecule has 1 aliphatic heterocycles. The van der Waals surface area contributed by atoms with E-state index >= 15 is 0 Å². The number of fused-ring (bicyclic) bond motifs is 1. The average molecular weight is 1190 g/mol. The Morgan fingerprint density at radius 2 is 1.34 bits per heavy atom. The van der Waals surface area contributed by atoms with Crippen molar-refractivity contribution in [3.8, 4) is 0 Å². The van der Waals surface area contributed by atoms with Crippen LogP contribution in [0.15, 0.2) is 97.7 Å². The van der Waals surface area contributed by atoms with Crippen molar-refractivity contribution >= 4 is 69.1 Å². The highest BCUT2D eigenvalue weighted by molar-refractivity contribution is 8.14. The fourth-order valence-corrected chi connectivity index (χ4v) is 10.8. The maximum Gasteiger partial charge on any atom is 0.481 e. The van der Waals surface area contributed by atoms with Crippen LogP contribution in [0.1, 0.15) is 123 Å². The molecule has 442 valence electrons. The Hall–Kier alpha value is -4.26. The SMILES string of the molecule is CC/C=C\C/C=C\C/C=C\C/C=C\C/C=C\C/C=C\CCCCCCCC/C=C/C(=O)SCCNC(=O)CCNC(=O)[C@H](O)C(C)(C)COP(=O)(O)OP(=O)(O)OC[C@H]1O[C@@H](n2cnc3c(N)ncnc32)[C@H](O)[C@@H]1OP(=O)(O)O. The van der Waals surface area contributed by atoms with Gasteiger partial charge in [-0.1, -0.05) is 137 Å². The lowest BCUT2D eigenvalue weighted by Gasteiger charge is -2.30. The Morgan fingerprint density at radius 1 is 0.785 bits per heavy atom. The van der Waals surface area contributed by atoms with Crippen molar-refractivity contribution in [2.45, 2.75) is 148 Å². The molecule has 24 nitrogen and oxygen atoms in total. The van der Waals surface area contributed by atoms with Crippen molar-refractivity contribution in [2.75, 3.05) is 37.8 Å². The van der Waals surface area contributed by atoms with Crippen molar-refractivity contribution in [1.29, 1.82) is 0 Å². The third-order valence-corrected chi connectivity index (χ3v) is 15.5. The standard InChI is InChI=1S/C51H80N7O17P3S/c1-4-5-6-7-8-9-10-11-12-13-14-15-16-17-18-19-20-21-22-23-24-25-26-27-28-29-30-31-42(60)79-35-34-53-41(59)32-33-54-49(63)46(62)51(2,3)37-72-78(69,70)75-77(67,68)71-36-40-45(74-76(64,65)66)44(61)50(73-40)58-39-57-43-47(52)55-38-56-48(43)58/h5-6,8-9,11-12,14-15,17-18,20-21,30-31,38-40,44-46,50,61-62H,4,7,10,13,16,19,22-29,32-37H2,1-3H3,(H,53,59)(H,54,63)(H,67,68)(H,69,70)(H2,52,55,56)(H2,64,65,66)/b6-5-,9-8-,12-11-,15-14-,18-17-,21-20-,31-30+/t40-,44-,45-,46+,50-/m1/s1. The number of ether oxygens (including phenoxy) is 1. The topological polar surface area (TPSA) is 364 Å². The van der Waals surface area contributed by atoms with Crippen LogP contribution in [0.4, 0.5) is 5.82 Å². The molecule has 7 atom stereocenters. The fourth-order valence-electron chi connectivity index (χ4n) is 7.38. The summed E-state index contributed by atoms with van der Waals surface area (Å²) in [5.41, 5.74) is 4.28. The molecule has 1 aliphatic rings. The quantitative estimate of drug-likeness (QED) is 0.0132. The Labute approximate surface area is 466 Å². The second-order valence-electron chi connectivity index (χ2n) is 18.8. The molecule has 2 unspecified atom stereocenters. The van der Waals surface area contributed by atoms with Crippen molar-refractivity contribution < 1.29 is 80.5 Å². The van der Waals surface area contributed by atoms with Crippen molar-refractivity contribution in [3.05, 3.63) is 97.7 Å². The molecule has 2 aromatic rings. The molecule has 79 heavy (non-hydrogen) atoms. The van der Waals surface area contributed by atoms with E-state index in [0.29, 0.717) is 5.75 Å². The van der Waals surface area contributed by atoms with Gasteiger partial charge >= 0.3 is 23.5 Å². The summed E-state index contributed by atoms with van der Waals surface area (Å²) in [5, 5.41) is 26.5. The zero-order chi connectivity index (χ0) is 58.2. The van der Waals surface area contributed by atoms with Crippen LogP contribution < -0.4 is 16.4 Å². The summed E-state index contributed by atoms with van der Waals surface area (Å²) < 4.78 is 62.6. The summed E-state index contributed by atoms with van der Waals surface area (Å²) in [7, 11) is -16.4. The first-order valence-electron chi connectivity index (χ1n) is 26.2. The molecule has 3 heterocycles. The highest BCUT2D eigenvalue weighted by atomic mass is 32.2. The lowest BCUT2D eigenvalue weighted by molar-refractivity contribution is -0.137. The zero-order valence-electron chi connectivity index (χ0n) is 45.1. The van der Waals surface area contributed by atoms with E-state index < -0.39 is 84.6 Å². The number of hydrogen-bond acceptors (Lipinski definition) is 18. The number of hydrogen-bond donors (Lipinski definition) is 9. The molecule has 0 spiro atoms. The number of phosphoric ester groups is 3. The van der Waals surface area contributed by atoms with Gasteiger partial charge in [0.1, 0.15) is 36.3 Å². The van der Waals surface area contributed by atoms with Gasteiger partial charge in [-0.3, -0.25) is 32.5 Å². The molecule has 1 fully saturated rings. The Balaban J connectivity index is 1.21. The van der Waals surface area contributed by atoms with Crippen LogP contribution in [0, 0.1) is 5.41 Å². The number of allylic oxidation sites excluding steroid dienone is 13. The molecule has 2 amide bonds. The largest absolute Gasteiger partial charge is 0.481 e. The molecule has 28 heteroatoms. The fraction of sp³-hybridized carbons (Fsp3) is 0.569. The number of unbranched alkanes of at least 4 members (excludes halogenated alkanes) is 7. The van der Waals surface area contributed by atoms with E-state index in [4.69, 9.17) is 19.5 Å². The minimum atomic E-state index is -5.59. The number of aromatic nitrogens is 4. The third-order valence-electron chi connectivity index (χ3n) is 11.6. The van der Waals surface area contributed by atoms with Gasteiger partial charge in [0.15, 0.2) is 17.7 Å². The Bertz CT molecular complexity index is 2550. The Kier molecular flexibility index (Phi) is 32.3. The number of phosphoric acid groups is 3. The van der Waals surface area contributed by atoms with Gasteiger partial charge in [0, 0.05) is 30.7 Å². The number of amides is 2. The monoisotopic (exact) mass is 1190 g/mol. The Morgan fingerprint density at radius 3 is 1.94 bits per heavy atom. The number of carbonyl (C=O) groups is 3. The number of anilines is 1. The number of nitrogens with one attached hydrogen (secondary N) is 2. The van der Waals surface area contributed by atoms with E-state index in [-0.39, 0.29) is 41.6 Å². The summed E-state index contributed by atoms with van der Waals surface area (Å²) in [6, 6.07) is 0. The van der Waals surface area contributed by atoms with Gasteiger partial charge in [-0.25, -0.2) is 28.6 Å². The predicted molar refractivity (Wildman–Crippen MR) is 301 cm³/mol. The summed E-state index contributed by atoms with van der Waals surface area (Å²) in [6.45, 7) is 2.63. The zero-order valence-corrected chi connectivity index (χ0v) is 48.6. The first kappa shape index (κ1) is 69.0. The van der Waals surface area contributed by atoms with E-state index in [9.17, 15) is 57.9 Å². The molecular weight excluding hydrogens is 1110 g/mol. The molecular formula is C51H80N7O17P3S. The lowest BCUT2D eigenvalue weighted by atomic mass is 9.87. The molecule has 0 saturated carbocycles. The molecule has 2 aromatic heterocycles. The van der Waals surface area contributed by atoms with Gasteiger partial charge in [-0.05, 0) is 70.3 Å². The van der Waals surface area contributed by atoms with Crippen LogP contribution in [0.25, 0.3) is 11.2 Å². The van der Waals surface area contributed by atoms with Crippen molar-refractivity contribution in [2.24, 2.45) is 5.41 Å². The smallest absolute Gasteiger partial charge is 0.386 e. The maximum atomic E-state index is 12.8. The number of rotatable bonds is 40. The normalized spacial score (nSPS) is 19.6. The molecule has 0 radical (unpaired) electrons. The van der Waals surface area contributed by atoms with Gasteiger partial charge in [0.2, 0.25) is 16.9 Å². The number of aliphatic hydroxyl groups is 2. The first-order valence-corrected chi connectivity index (χ1v) is 31.7. The third kappa shape index (κ3) is 28.8. The van der Waals surface area contributed by atoms with Crippen molar-refractivity contribution in [3.63, 3.8) is 0 Å². The van der Waals surface area contributed by atoms with Crippen LogP contribution in [0.2, 0.25) is 0 Å². The highest BCUT2D eigenvalue weighted by Crippen LogP contribution is 2.61. The molecule has 1 saturated heterocycles. The predicted octanol–water partition coefficient (Wildman–Crippen LogP) is 8.04. The summed E-state index contributed by atoms with van der Waals surface area (Å²) >= 11 is 1.06. The number of carbonyl (C=O) groups excluding carboxylic acids is 3.